The van der Waals surface area contributed by atoms with Gasteiger partial charge in [0.25, 0.3) is 5.91 Å². The number of fused-ring (bicyclic) bond motifs is 2. The summed E-state index contributed by atoms with van der Waals surface area (Å²) in [5, 5.41) is 0.860. The third kappa shape index (κ3) is 6.47. The van der Waals surface area contributed by atoms with Gasteiger partial charge in [0.1, 0.15) is 23.5 Å². The SMILES string of the molecule is C[Si](C)(C)CCOc1c2c(c(OC(c3ccccc3)c3ccccc3)c3ncccc13)C(=O)N(CC1CCC(F)CC1)C2. The first-order chi connectivity index (χ1) is 20.8. The monoisotopic (exact) mass is 596 g/mol. The van der Waals surface area contributed by atoms with E-state index in [0.29, 0.717) is 55.3 Å². The minimum Gasteiger partial charge on any atom is -0.493 e. The summed E-state index contributed by atoms with van der Waals surface area (Å²) in [5.74, 6) is 1.47. The molecule has 0 atom stereocenters. The smallest absolute Gasteiger partial charge is 0.258 e. The molecule has 1 aliphatic heterocycles. The molecular formula is C36H41FN2O3Si. The minimum atomic E-state index is -1.35. The zero-order valence-corrected chi connectivity index (χ0v) is 26.4. The van der Waals surface area contributed by atoms with Crippen molar-refractivity contribution in [3.05, 3.63) is 101 Å². The predicted molar refractivity (Wildman–Crippen MR) is 172 cm³/mol. The highest BCUT2D eigenvalue weighted by molar-refractivity contribution is 6.76. The predicted octanol–water partition coefficient (Wildman–Crippen LogP) is 8.60. The number of halogens is 1. The topological polar surface area (TPSA) is 51.7 Å². The molecule has 1 fully saturated rings. The molecule has 0 unspecified atom stereocenters. The van der Waals surface area contributed by atoms with Gasteiger partial charge in [0, 0.05) is 31.8 Å². The minimum absolute atomic E-state index is 0.0603. The van der Waals surface area contributed by atoms with E-state index in [-0.39, 0.29) is 5.91 Å². The van der Waals surface area contributed by atoms with Crippen LogP contribution in [-0.4, -0.2) is 43.2 Å². The van der Waals surface area contributed by atoms with Crippen LogP contribution >= 0.6 is 0 Å². The first-order valence-corrected chi connectivity index (χ1v) is 19.3. The molecule has 2 aliphatic rings. The normalized spacial score (nSPS) is 18.7. The molecule has 4 aromatic rings. The van der Waals surface area contributed by atoms with E-state index >= 15 is 0 Å². The summed E-state index contributed by atoms with van der Waals surface area (Å²) in [5.41, 5.74) is 4.04. The second kappa shape index (κ2) is 12.5. The van der Waals surface area contributed by atoms with Crippen molar-refractivity contribution in [3.8, 4) is 11.5 Å². The van der Waals surface area contributed by atoms with E-state index in [1.807, 2.05) is 53.4 Å². The van der Waals surface area contributed by atoms with Crippen molar-refractivity contribution in [1.82, 2.24) is 9.88 Å². The van der Waals surface area contributed by atoms with Crippen LogP contribution in [0.25, 0.3) is 10.9 Å². The molecule has 5 nitrogen and oxygen atoms in total. The molecule has 1 amide bonds. The average Bonchev–Trinajstić information content (AvgIpc) is 3.33. The fourth-order valence-corrected chi connectivity index (χ4v) is 7.02. The van der Waals surface area contributed by atoms with Gasteiger partial charge in [-0.3, -0.25) is 9.78 Å². The number of nitrogens with zero attached hydrogens (tertiary/aromatic N) is 2. The second-order valence-electron chi connectivity index (χ2n) is 13.2. The van der Waals surface area contributed by atoms with Crippen molar-refractivity contribution in [2.45, 2.75) is 70.2 Å². The summed E-state index contributed by atoms with van der Waals surface area (Å²) < 4.78 is 27.5. The molecule has 6 rings (SSSR count). The van der Waals surface area contributed by atoms with Gasteiger partial charge in [-0.25, -0.2) is 4.39 Å². The molecule has 3 aromatic carbocycles. The Morgan fingerprint density at radius 2 is 1.56 bits per heavy atom. The number of benzene rings is 3. The number of carbonyl (C=O) groups excluding carboxylic acids is 1. The number of aromatic nitrogens is 1. The first-order valence-electron chi connectivity index (χ1n) is 15.5. The number of hydrogen-bond donors (Lipinski definition) is 0. The summed E-state index contributed by atoms with van der Waals surface area (Å²) in [4.78, 5) is 21.0. The van der Waals surface area contributed by atoms with E-state index in [2.05, 4.69) is 43.9 Å². The van der Waals surface area contributed by atoms with Gasteiger partial charge in [-0.15, -0.1) is 0 Å². The fraction of sp³-hybridized carbons (Fsp3) is 0.389. The Morgan fingerprint density at radius 1 is 0.907 bits per heavy atom. The van der Waals surface area contributed by atoms with Gasteiger partial charge in [-0.05, 0) is 60.9 Å². The molecule has 0 spiro atoms. The molecule has 1 aromatic heterocycles. The Hall–Kier alpha value is -3.71. The Bertz CT molecular complexity index is 1530. The standard InChI is InChI=1S/C36H41FN2O3Si/c1-43(2,3)22-21-41-34-29-15-10-20-38-32(29)35(42-33(26-11-6-4-7-12-26)27-13-8-5-9-14-27)31-30(34)24-39(36(31)40)23-25-16-18-28(37)19-17-25/h4-15,20,25,28,33H,16-19,21-24H2,1-3H3. The van der Waals surface area contributed by atoms with Crippen molar-refractivity contribution in [2.75, 3.05) is 13.2 Å². The lowest BCUT2D eigenvalue weighted by Crippen LogP contribution is -2.32. The van der Waals surface area contributed by atoms with Crippen LogP contribution in [0.2, 0.25) is 25.7 Å². The molecule has 1 aliphatic carbocycles. The zero-order chi connectivity index (χ0) is 30.0. The van der Waals surface area contributed by atoms with Crippen LogP contribution in [0.3, 0.4) is 0 Å². The fourth-order valence-electron chi connectivity index (χ4n) is 6.30. The molecule has 43 heavy (non-hydrogen) atoms. The van der Waals surface area contributed by atoms with Crippen LogP contribution in [-0.2, 0) is 6.54 Å². The number of ether oxygens (including phenoxy) is 2. The maximum atomic E-state index is 14.3. The van der Waals surface area contributed by atoms with Crippen molar-refractivity contribution in [1.29, 1.82) is 0 Å². The van der Waals surface area contributed by atoms with Crippen molar-refractivity contribution in [3.63, 3.8) is 0 Å². The van der Waals surface area contributed by atoms with Crippen molar-refractivity contribution in [2.24, 2.45) is 5.92 Å². The molecule has 0 radical (unpaired) electrons. The summed E-state index contributed by atoms with van der Waals surface area (Å²) >= 11 is 0. The second-order valence-corrected chi connectivity index (χ2v) is 18.8. The molecule has 2 heterocycles. The summed E-state index contributed by atoms with van der Waals surface area (Å²) in [6, 6.07) is 25.2. The van der Waals surface area contributed by atoms with Gasteiger partial charge in [0.05, 0.1) is 18.7 Å². The number of amides is 1. The van der Waals surface area contributed by atoms with Crippen molar-refractivity contribution < 1.29 is 18.7 Å². The van der Waals surface area contributed by atoms with Gasteiger partial charge in [0.15, 0.2) is 5.75 Å². The molecule has 7 heteroatoms. The number of carbonyl (C=O) groups is 1. The molecule has 224 valence electrons. The molecule has 0 saturated heterocycles. The average molecular weight is 597 g/mol. The van der Waals surface area contributed by atoms with E-state index in [4.69, 9.17) is 14.5 Å². The molecular weight excluding hydrogens is 555 g/mol. The van der Waals surface area contributed by atoms with Gasteiger partial charge >= 0.3 is 0 Å². The largest absolute Gasteiger partial charge is 0.493 e. The highest BCUT2D eigenvalue weighted by atomic mass is 28.3. The maximum Gasteiger partial charge on any atom is 0.258 e. The summed E-state index contributed by atoms with van der Waals surface area (Å²) in [6.45, 7) is 8.66. The number of hydrogen-bond acceptors (Lipinski definition) is 4. The lowest BCUT2D eigenvalue weighted by atomic mass is 9.88. The van der Waals surface area contributed by atoms with Gasteiger partial charge in [-0.2, -0.15) is 0 Å². The van der Waals surface area contributed by atoms with Crippen LogP contribution in [0.1, 0.15) is 58.8 Å². The van der Waals surface area contributed by atoms with Crippen LogP contribution in [0.4, 0.5) is 4.39 Å². The zero-order valence-electron chi connectivity index (χ0n) is 25.4. The first kappa shape index (κ1) is 29.4. The van der Waals surface area contributed by atoms with Crippen LogP contribution in [0.5, 0.6) is 11.5 Å². The highest BCUT2D eigenvalue weighted by Gasteiger charge is 2.39. The van der Waals surface area contributed by atoms with Gasteiger partial charge in [0.2, 0.25) is 0 Å². The molecule has 0 bridgehead atoms. The highest BCUT2D eigenvalue weighted by Crippen LogP contribution is 2.47. The lowest BCUT2D eigenvalue weighted by Gasteiger charge is -2.28. The molecule has 1 saturated carbocycles. The summed E-state index contributed by atoms with van der Waals surface area (Å²) in [6.07, 6.45) is 3.34. The van der Waals surface area contributed by atoms with Crippen molar-refractivity contribution >= 4 is 24.9 Å². The van der Waals surface area contributed by atoms with Crippen LogP contribution in [0.15, 0.2) is 79.0 Å². The number of rotatable bonds is 10. The number of pyridine rings is 1. The van der Waals surface area contributed by atoms with E-state index in [9.17, 15) is 9.18 Å². The quantitative estimate of drug-likeness (QED) is 0.172. The van der Waals surface area contributed by atoms with E-state index in [1.54, 1.807) is 6.20 Å². The Labute approximate surface area is 255 Å². The Kier molecular flexibility index (Phi) is 8.53. The van der Waals surface area contributed by atoms with Gasteiger partial charge in [-0.1, -0.05) is 80.3 Å². The van der Waals surface area contributed by atoms with E-state index in [1.165, 1.54) is 0 Å². The van der Waals surface area contributed by atoms with E-state index < -0.39 is 20.3 Å². The maximum absolute atomic E-state index is 14.3. The van der Waals surface area contributed by atoms with E-state index in [0.717, 1.165) is 46.7 Å². The molecule has 0 N–H and O–H groups in total. The Morgan fingerprint density at radius 3 is 2.19 bits per heavy atom. The van der Waals surface area contributed by atoms with Crippen LogP contribution < -0.4 is 9.47 Å². The summed E-state index contributed by atoms with van der Waals surface area (Å²) in [7, 11) is -1.35. The number of alkyl halides is 1. The lowest BCUT2D eigenvalue weighted by molar-refractivity contribution is 0.0719. The van der Waals surface area contributed by atoms with Crippen LogP contribution in [0, 0.1) is 5.92 Å². The van der Waals surface area contributed by atoms with Gasteiger partial charge < -0.3 is 14.4 Å². The third-order valence-electron chi connectivity index (χ3n) is 8.71. The Balaban J connectivity index is 1.45. The third-order valence-corrected chi connectivity index (χ3v) is 10.4.